The van der Waals surface area contributed by atoms with E-state index in [1.807, 2.05) is 24.3 Å². The fourth-order valence-corrected chi connectivity index (χ4v) is 6.60. The molecule has 3 aliphatic rings. The second kappa shape index (κ2) is 5.29. The Balaban J connectivity index is 1.69. The van der Waals surface area contributed by atoms with Gasteiger partial charge in [-0.25, -0.2) is 0 Å². The lowest BCUT2D eigenvalue weighted by Gasteiger charge is -2.49. The van der Waals surface area contributed by atoms with Crippen molar-refractivity contribution in [3.63, 3.8) is 0 Å². The standard InChI is InChI=1S/C21H21NO2S/c1-21(2)15-8-4-5-9-17(15)22-19-14-11-24-18-10-6-3-7-13(18)20(14)25(23)12-16(19)21/h3-10,16,19,22H,11-12H2,1-2H3. The van der Waals surface area contributed by atoms with Crippen LogP contribution in [0.1, 0.15) is 25.0 Å². The van der Waals surface area contributed by atoms with Gasteiger partial charge < -0.3 is 14.6 Å². The highest BCUT2D eigenvalue weighted by Gasteiger charge is 2.52. The molecule has 0 spiro atoms. The predicted molar refractivity (Wildman–Crippen MR) is 102 cm³/mol. The SMILES string of the molecule is CC1(C)c2ccccc2NC2C3=C(c4ccccc4OC3)[S+]([O-])CC21. The number of hydrogen-bond acceptors (Lipinski definition) is 3. The van der Waals surface area contributed by atoms with Crippen molar-refractivity contribution in [2.45, 2.75) is 25.3 Å². The molecule has 25 heavy (non-hydrogen) atoms. The minimum atomic E-state index is -1.00. The van der Waals surface area contributed by atoms with Crippen molar-refractivity contribution >= 4 is 21.8 Å². The molecule has 0 radical (unpaired) electrons. The third kappa shape index (κ3) is 2.10. The van der Waals surface area contributed by atoms with E-state index >= 15 is 0 Å². The number of hydrogen-bond donors (Lipinski definition) is 1. The maximum atomic E-state index is 13.2. The molecule has 2 aromatic rings. The topological polar surface area (TPSA) is 44.3 Å². The fraction of sp³-hybridized carbons (Fsp3) is 0.333. The average molecular weight is 351 g/mol. The third-order valence-corrected chi connectivity index (χ3v) is 7.60. The molecule has 0 saturated heterocycles. The quantitative estimate of drug-likeness (QED) is 0.731. The molecule has 0 fully saturated rings. The van der Waals surface area contributed by atoms with Crippen LogP contribution in [0, 0.1) is 5.92 Å². The third-order valence-electron chi connectivity index (χ3n) is 6.00. The van der Waals surface area contributed by atoms with Gasteiger partial charge in [0.05, 0.1) is 11.6 Å². The molecule has 5 rings (SSSR count). The van der Waals surface area contributed by atoms with Gasteiger partial charge in [-0.2, -0.15) is 0 Å². The Morgan fingerprint density at radius 3 is 2.76 bits per heavy atom. The summed E-state index contributed by atoms with van der Waals surface area (Å²) in [6.07, 6.45) is 0. The number of para-hydroxylation sites is 2. The van der Waals surface area contributed by atoms with E-state index in [1.54, 1.807) is 0 Å². The minimum Gasteiger partial charge on any atom is -0.611 e. The van der Waals surface area contributed by atoms with Crippen LogP contribution >= 0.6 is 0 Å². The van der Waals surface area contributed by atoms with Crippen LogP contribution in [0.2, 0.25) is 0 Å². The van der Waals surface area contributed by atoms with Crippen LogP contribution in [0.15, 0.2) is 54.1 Å². The molecule has 3 unspecified atom stereocenters. The van der Waals surface area contributed by atoms with E-state index in [2.05, 4.69) is 43.4 Å². The molecule has 3 atom stereocenters. The van der Waals surface area contributed by atoms with Crippen molar-refractivity contribution in [3.8, 4) is 5.75 Å². The molecule has 2 aromatic carbocycles. The van der Waals surface area contributed by atoms with E-state index in [9.17, 15) is 4.55 Å². The van der Waals surface area contributed by atoms with Gasteiger partial charge in [-0.15, -0.1) is 0 Å². The highest BCUT2D eigenvalue weighted by Crippen LogP contribution is 2.51. The van der Waals surface area contributed by atoms with Gasteiger partial charge in [0, 0.05) is 22.6 Å². The first-order valence-corrected chi connectivity index (χ1v) is 10.1. The normalized spacial score (nSPS) is 28.7. The lowest BCUT2D eigenvalue weighted by Crippen LogP contribution is -2.53. The first-order valence-electron chi connectivity index (χ1n) is 8.77. The first-order chi connectivity index (χ1) is 12.1. The van der Waals surface area contributed by atoms with Crippen LogP contribution < -0.4 is 10.1 Å². The van der Waals surface area contributed by atoms with Gasteiger partial charge in [-0.05, 0) is 34.9 Å². The summed E-state index contributed by atoms with van der Waals surface area (Å²) in [6.45, 7) is 5.08. The van der Waals surface area contributed by atoms with Crippen LogP contribution in [0.5, 0.6) is 5.75 Å². The molecular weight excluding hydrogens is 330 g/mol. The monoisotopic (exact) mass is 351 g/mol. The summed E-state index contributed by atoms with van der Waals surface area (Å²) in [5.41, 5.74) is 4.63. The van der Waals surface area contributed by atoms with Crippen molar-refractivity contribution in [2.24, 2.45) is 5.92 Å². The first kappa shape index (κ1) is 15.4. The lowest BCUT2D eigenvalue weighted by atomic mass is 9.66. The smallest absolute Gasteiger partial charge is 0.168 e. The van der Waals surface area contributed by atoms with Gasteiger partial charge >= 0.3 is 0 Å². The van der Waals surface area contributed by atoms with E-state index < -0.39 is 11.2 Å². The number of rotatable bonds is 0. The second-order valence-corrected chi connectivity index (χ2v) is 9.08. The Morgan fingerprint density at radius 2 is 1.88 bits per heavy atom. The fourth-order valence-electron chi connectivity index (χ4n) is 4.61. The maximum absolute atomic E-state index is 13.2. The van der Waals surface area contributed by atoms with Gasteiger partial charge in [-0.3, -0.25) is 0 Å². The molecule has 3 heterocycles. The number of fused-ring (bicyclic) bond motifs is 5. The van der Waals surface area contributed by atoms with Gasteiger partial charge in [0.2, 0.25) is 0 Å². The molecule has 0 aromatic heterocycles. The van der Waals surface area contributed by atoms with Crippen LogP contribution in [0.3, 0.4) is 0 Å². The summed E-state index contributed by atoms with van der Waals surface area (Å²) < 4.78 is 19.2. The summed E-state index contributed by atoms with van der Waals surface area (Å²) in [5.74, 6) is 1.82. The van der Waals surface area contributed by atoms with Gasteiger partial charge in [0.15, 0.2) is 4.91 Å². The number of benzene rings is 2. The van der Waals surface area contributed by atoms with Crippen molar-refractivity contribution in [3.05, 3.63) is 65.2 Å². The lowest BCUT2D eigenvalue weighted by molar-refractivity contribution is 0.278. The summed E-state index contributed by atoms with van der Waals surface area (Å²) in [7, 11) is 0. The van der Waals surface area contributed by atoms with Crippen molar-refractivity contribution < 1.29 is 9.29 Å². The Hall–Kier alpha value is -1.91. The number of nitrogens with one attached hydrogen (secondary N) is 1. The van der Waals surface area contributed by atoms with E-state index in [4.69, 9.17) is 4.74 Å². The molecule has 3 aliphatic heterocycles. The Morgan fingerprint density at radius 1 is 1.12 bits per heavy atom. The number of ether oxygens (including phenoxy) is 1. The Bertz CT molecular complexity index is 889. The molecule has 0 saturated carbocycles. The molecule has 128 valence electrons. The van der Waals surface area contributed by atoms with Crippen LogP contribution in [0.4, 0.5) is 5.69 Å². The average Bonchev–Trinajstić information content (AvgIpc) is 2.62. The summed E-state index contributed by atoms with van der Waals surface area (Å²) in [5, 5.41) is 3.73. The van der Waals surface area contributed by atoms with E-state index in [-0.39, 0.29) is 17.4 Å². The zero-order valence-electron chi connectivity index (χ0n) is 14.4. The van der Waals surface area contributed by atoms with Crippen LogP contribution in [-0.2, 0) is 16.6 Å². The van der Waals surface area contributed by atoms with Crippen molar-refractivity contribution in [1.82, 2.24) is 0 Å². The second-order valence-electron chi connectivity index (χ2n) is 7.65. The highest BCUT2D eigenvalue weighted by molar-refractivity contribution is 8.00. The van der Waals surface area contributed by atoms with Crippen molar-refractivity contribution in [2.75, 3.05) is 17.7 Å². The molecule has 4 heteroatoms. The van der Waals surface area contributed by atoms with E-state index in [1.165, 1.54) is 11.3 Å². The zero-order valence-corrected chi connectivity index (χ0v) is 15.2. The maximum Gasteiger partial charge on any atom is 0.168 e. The van der Waals surface area contributed by atoms with Gasteiger partial charge in [0.1, 0.15) is 18.1 Å². The molecule has 0 bridgehead atoms. The predicted octanol–water partition coefficient (Wildman–Crippen LogP) is 3.94. The Kier molecular flexibility index (Phi) is 3.25. The van der Waals surface area contributed by atoms with Crippen LogP contribution in [0.25, 0.3) is 4.91 Å². The largest absolute Gasteiger partial charge is 0.611 e. The van der Waals surface area contributed by atoms with E-state index in [0.29, 0.717) is 12.4 Å². The van der Waals surface area contributed by atoms with Gasteiger partial charge in [-0.1, -0.05) is 44.2 Å². The minimum absolute atomic E-state index is 0.0301. The highest BCUT2D eigenvalue weighted by atomic mass is 32.2. The summed E-state index contributed by atoms with van der Waals surface area (Å²) in [4.78, 5) is 0.991. The Labute approximate surface area is 151 Å². The number of anilines is 1. The van der Waals surface area contributed by atoms with E-state index in [0.717, 1.165) is 21.8 Å². The van der Waals surface area contributed by atoms with Gasteiger partial charge in [0.25, 0.3) is 0 Å². The van der Waals surface area contributed by atoms with Crippen molar-refractivity contribution in [1.29, 1.82) is 0 Å². The molecular formula is C21H21NO2S. The zero-order chi connectivity index (χ0) is 17.2. The summed E-state index contributed by atoms with van der Waals surface area (Å²) >= 11 is -1.00. The molecule has 1 N–H and O–H groups in total. The molecule has 3 nitrogen and oxygen atoms in total. The molecule has 0 aliphatic carbocycles. The van der Waals surface area contributed by atoms with Crippen LogP contribution in [-0.4, -0.2) is 23.0 Å². The summed E-state index contributed by atoms with van der Waals surface area (Å²) in [6, 6.07) is 16.6. The molecule has 0 amide bonds.